The Morgan fingerprint density at radius 1 is 0.923 bits per heavy atom. The van der Waals surface area contributed by atoms with Gasteiger partial charge >= 0.3 is 6.03 Å². The number of aromatic nitrogens is 3. The molecule has 1 N–H and O–H groups in total. The Hall–Kier alpha value is -4.58. The van der Waals surface area contributed by atoms with E-state index in [-0.39, 0.29) is 12.1 Å². The number of rotatable bonds is 4. The Bertz CT molecular complexity index is 1650. The number of benzene rings is 3. The second-order valence-corrected chi connectivity index (χ2v) is 10.3. The van der Waals surface area contributed by atoms with Gasteiger partial charge in [0, 0.05) is 17.4 Å². The Morgan fingerprint density at radius 3 is 2.41 bits per heavy atom. The van der Waals surface area contributed by atoms with Gasteiger partial charge in [0.2, 0.25) is 0 Å². The quantitative estimate of drug-likeness (QED) is 0.273. The molecule has 6 heteroatoms. The molecule has 3 aromatic carbocycles. The highest BCUT2D eigenvalue weighted by molar-refractivity contribution is 5.90. The summed E-state index contributed by atoms with van der Waals surface area (Å²) in [4.78, 5) is 16.1. The fourth-order valence-electron chi connectivity index (χ4n) is 5.46. The predicted molar refractivity (Wildman–Crippen MR) is 156 cm³/mol. The molecule has 0 radical (unpaired) electrons. The van der Waals surface area contributed by atoms with Gasteiger partial charge in [-0.15, -0.1) is 0 Å². The summed E-state index contributed by atoms with van der Waals surface area (Å²) in [5.74, 6) is 0.983. The fraction of sp³-hybridized carbons (Fsp3) is 0.212. The monoisotopic (exact) mass is 515 g/mol. The summed E-state index contributed by atoms with van der Waals surface area (Å²) in [7, 11) is 0. The highest BCUT2D eigenvalue weighted by Crippen LogP contribution is 2.39. The van der Waals surface area contributed by atoms with Crippen LogP contribution >= 0.6 is 0 Å². The van der Waals surface area contributed by atoms with Gasteiger partial charge in [-0.1, -0.05) is 61.0 Å². The van der Waals surface area contributed by atoms with E-state index in [1.54, 1.807) is 0 Å². The van der Waals surface area contributed by atoms with E-state index in [2.05, 4.69) is 92.3 Å². The number of carbonyl (C=O) groups excluding carboxylic acids is 1. The van der Waals surface area contributed by atoms with Crippen molar-refractivity contribution in [3.05, 3.63) is 130 Å². The topological polar surface area (TPSA) is 55.1 Å². The van der Waals surface area contributed by atoms with Gasteiger partial charge in [0.25, 0.3) is 0 Å². The van der Waals surface area contributed by atoms with Gasteiger partial charge in [-0.3, -0.25) is 0 Å². The number of aryl methyl sites for hydroxylation is 4. The molecular weight excluding hydrogens is 482 g/mol. The van der Waals surface area contributed by atoms with Gasteiger partial charge in [0.05, 0.1) is 29.7 Å². The van der Waals surface area contributed by atoms with E-state index in [1.807, 2.05) is 46.0 Å². The fourth-order valence-corrected chi connectivity index (χ4v) is 5.46. The number of anilines is 1. The van der Waals surface area contributed by atoms with E-state index < -0.39 is 0 Å². The predicted octanol–water partition coefficient (Wildman–Crippen LogP) is 7.29. The van der Waals surface area contributed by atoms with E-state index in [1.165, 1.54) is 11.1 Å². The molecule has 0 spiro atoms. The molecule has 1 aliphatic heterocycles. The van der Waals surface area contributed by atoms with Crippen LogP contribution < -0.4 is 5.32 Å². The normalized spacial score (nSPS) is 14.5. The third-order valence-electron chi connectivity index (χ3n) is 7.72. The Morgan fingerprint density at radius 2 is 1.69 bits per heavy atom. The van der Waals surface area contributed by atoms with Gasteiger partial charge in [-0.2, -0.15) is 5.10 Å². The molecular formula is C33H33N5O. The minimum absolute atomic E-state index is 0.140. The van der Waals surface area contributed by atoms with Gasteiger partial charge in [-0.05, 0) is 80.3 Å². The maximum Gasteiger partial charge on any atom is 0.322 e. The summed E-state index contributed by atoms with van der Waals surface area (Å²) in [6.07, 6.45) is 2.85. The summed E-state index contributed by atoms with van der Waals surface area (Å²) >= 11 is 0. The van der Waals surface area contributed by atoms with Crippen LogP contribution in [0.5, 0.6) is 0 Å². The molecule has 0 aliphatic carbocycles. The largest absolute Gasteiger partial charge is 0.322 e. The van der Waals surface area contributed by atoms with Crippen molar-refractivity contribution < 1.29 is 4.79 Å². The summed E-state index contributed by atoms with van der Waals surface area (Å²) in [5.41, 5.74) is 9.45. The van der Waals surface area contributed by atoms with Crippen molar-refractivity contribution in [3.8, 4) is 11.5 Å². The Kier molecular flexibility index (Phi) is 6.31. The first-order valence-corrected chi connectivity index (χ1v) is 13.5. The highest BCUT2D eigenvalue weighted by atomic mass is 16.2. The number of carbonyl (C=O) groups is 1. The number of fused-ring (bicyclic) bond motifs is 3. The van der Waals surface area contributed by atoms with Gasteiger partial charge < -0.3 is 14.8 Å². The molecule has 0 bridgehead atoms. The van der Waals surface area contributed by atoms with Crippen LogP contribution in [0.3, 0.4) is 0 Å². The molecule has 1 aliphatic rings. The van der Waals surface area contributed by atoms with Crippen molar-refractivity contribution in [1.29, 1.82) is 0 Å². The van der Waals surface area contributed by atoms with Crippen molar-refractivity contribution in [2.75, 3.05) is 5.32 Å². The number of hydrogen-bond donors (Lipinski definition) is 1. The van der Waals surface area contributed by atoms with Crippen LogP contribution in [0.4, 0.5) is 10.5 Å². The molecule has 39 heavy (non-hydrogen) atoms. The zero-order valence-electron chi connectivity index (χ0n) is 22.8. The summed E-state index contributed by atoms with van der Waals surface area (Å²) in [6.45, 7) is 8.78. The van der Waals surface area contributed by atoms with Crippen molar-refractivity contribution in [2.45, 2.75) is 46.7 Å². The lowest BCUT2D eigenvalue weighted by Gasteiger charge is -2.31. The molecule has 1 atom stereocenters. The third-order valence-corrected chi connectivity index (χ3v) is 7.72. The average Bonchev–Trinajstić information content (AvgIpc) is 3.53. The summed E-state index contributed by atoms with van der Waals surface area (Å²) < 4.78 is 4.23. The lowest BCUT2D eigenvalue weighted by atomic mass is 10.0. The average molecular weight is 516 g/mol. The van der Waals surface area contributed by atoms with Gasteiger partial charge in [0.15, 0.2) is 0 Å². The molecule has 0 saturated carbocycles. The standard InChI is InChI=1S/C33H33N5O/c1-5-29-28-21-37(33(39)34-26-18-15-23(3)24(4)20-26)31(25-16-13-22(2)14-17-25)30-12-9-19-36(30)32(28)38(35-29)27-10-7-6-8-11-27/h6-20,31H,5,21H2,1-4H3,(H,34,39). The zero-order valence-corrected chi connectivity index (χ0v) is 22.8. The van der Waals surface area contributed by atoms with E-state index in [4.69, 9.17) is 5.10 Å². The highest BCUT2D eigenvalue weighted by Gasteiger charge is 2.36. The minimum Gasteiger partial charge on any atom is -0.308 e. The third kappa shape index (κ3) is 4.42. The molecule has 2 amide bonds. The number of nitrogens with zero attached hydrogens (tertiary/aromatic N) is 4. The van der Waals surface area contributed by atoms with Crippen molar-refractivity contribution in [3.63, 3.8) is 0 Å². The first kappa shape index (κ1) is 24.7. The number of amides is 2. The summed E-state index contributed by atoms with van der Waals surface area (Å²) in [6, 6.07) is 28.5. The van der Waals surface area contributed by atoms with Crippen molar-refractivity contribution in [2.24, 2.45) is 0 Å². The van der Waals surface area contributed by atoms with Crippen LogP contribution in [0.15, 0.2) is 91.1 Å². The summed E-state index contributed by atoms with van der Waals surface area (Å²) in [5, 5.41) is 8.25. The second-order valence-electron chi connectivity index (χ2n) is 10.3. The van der Waals surface area contributed by atoms with Crippen LogP contribution in [0.1, 0.15) is 52.2 Å². The molecule has 2 aromatic heterocycles. The first-order chi connectivity index (χ1) is 18.9. The van der Waals surface area contributed by atoms with Crippen LogP contribution in [0.25, 0.3) is 11.5 Å². The number of hydrogen-bond acceptors (Lipinski definition) is 2. The molecule has 6 nitrogen and oxygen atoms in total. The lowest BCUT2D eigenvalue weighted by molar-refractivity contribution is 0.194. The van der Waals surface area contributed by atoms with Gasteiger partial charge in [0.1, 0.15) is 5.82 Å². The smallest absolute Gasteiger partial charge is 0.308 e. The molecule has 3 heterocycles. The Balaban J connectivity index is 1.54. The van der Waals surface area contributed by atoms with E-state index in [0.717, 1.165) is 51.7 Å². The van der Waals surface area contributed by atoms with Gasteiger partial charge in [-0.25, -0.2) is 9.48 Å². The molecule has 196 valence electrons. The van der Waals surface area contributed by atoms with Crippen LogP contribution in [0, 0.1) is 20.8 Å². The molecule has 0 fully saturated rings. The first-order valence-electron chi connectivity index (χ1n) is 13.5. The number of nitrogens with one attached hydrogen (secondary N) is 1. The van der Waals surface area contributed by atoms with Crippen LogP contribution in [-0.4, -0.2) is 25.3 Å². The maximum atomic E-state index is 14.2. The van der Waals surface area contributed by atoms with E-state index in [0.29, 0.717) is 6.54 Å². The minimum atomic E-state index is -0.284. The SMILES string of the molecule is CCc1nn(-c2ccccc2)c2c1CN(C(=O)Nc1ccc(C)c(C)c1)C(c1ccc(C)cc1)c1cccn1-2. The van der Waals surface area contributed by atoms with Crippen molar-refractivity contribution >= 4 is 11.7 Å². The zero-order chi connectivity index (χ0) is 27.1. The van der Waals surface area contributed by atoms with Crippen LogP contribution in [0.2, 0.25) is 0 Å². The number of para-hydroxylation sites is 1. The lowest BCUT2D eigenvalue weighted by Crippen LogP contribution is -2.38. The van der Waals surface area contributed by atoms with E-state index in [9.17, 15) is 4.79 Å². The molecule has 5 aromatic rings. The molecule has 1 unspecified atom stereocenters. The van der Waals surface area contributed by atoms with Crippen LogP contribution in [-0.2, 0) is 13.0 Å². The van der Waals surface area contributed by atoms with E-state index >= 15 is 0 Å². The number of urea groups is 1. The maximum absolute atomic E-state index is 14.2. The Labute approximate surface area is 229 Å². The molecule has 6 rings (SSSR count). The molecule has 0 saturated heterocycles. The second kappa shape index (κ2) is 9.95. The van der Waals surface area contributed by atoms with Crippen molar-refractivity contribution in [1.82, 2.24) is 19.2 Å².